The molecule has 1 fully saturated rings. The highest BCUT2D eigenvalue weighted by Crippen LogP contribution is 2.58. The maximum atomic E-state index is 8.58. The molecule has 1 rings (SSSR count). The highest BCUT2D eigenvalue weighted by molar-refractivity contribution is 7.66. The van der Waals surface area contributed by atoms with Crippen molar-refractivity contribution in [3.63, 3.8) is 0 Å². The molecular weight excluding hydrogens is 99.0 g/mol. The standard InChI is InChI=1S/C3H8O2P/c4-6(5)2-1-3-6/h4-5H,1-3H2/q+1. The third kappa shape index (κ3) is 0.700. The Morgan fingerprint density at radius 3 is 1.50 bits per heavy atom. The van der Waals surface area contributed by atoms with Crippen LogP contribution in [0.1, 0.15) is 6.42 Å². The largest absolute Gasteiger partial charge is 0.268 e. The van der Waals surface area contributed by atoms with Gasteiger partial charge in [-0.15, -0.1) is 0 Å². The summed E-state index contributed by atoms with van der Waals surface area (Å²) in [5, 5.41) is 0. The van der Waals surface area contributed by atoms with Crippen LogP contribution in [0.25, 0.3) is 0 Å². The van der Waals surface area contributed by atoms with Crippen LogP contribution in [-0.2, 0) is 0 Å². The molecule has 0 radical (unpaired) electrons. The van der Waals surface area contributed by atoms with Crippen molar-refractivity contribution in [2.24, 2.45) is 0 Å². The average molecular weight is 107 g/mol. The first-order valence-electron chi connectivity index (χ1n) is 2.03. The first-order chi connectivity index (χ1) is 2.71. The van der Waals surface area contributed by atoms with E-state index in [1.807, 2.05) is 0 Å². The minimum Gasteiger partial charge on any atom is -0.220 e. The molecule has 0 spiro atoms. The molecule has 0 unspecified atom stereocenters. The Bertz CT molecular complexity index is 55.8. The Balaban J connectivity index is 2.31. The number of rotatable bonds is 0. The summed E-state index contributed by atoms with van der Waals surface area (Å²) in [7, 11) is -2.22. The van der Waals surface area contributed by atoms with Crippen LogP contribution < -0.4 is 0 Å². The zero-order chi connectivity index (χ0) is 4.62. The summed E-state index contributed by atoms with van der Waals surface area (Å²) < 4.78 is 0. The van der Waals surface area contributed by atoms with Gasteiger partial charge in [0.1, 0.15) is 12.3 Å². The Hall–Kier alpha value is 0.350. The van der Waals surface area contributed by atoms with Crippen LogP contribution in [0.15, 0.2) is 0 Å². The fourth-order valence-corrected chi connectivity index (χ4v) is 1.32. The van der Waals surface area contributed by atoms with Gasteiger partial charge in [0.05, 0.1) is 0 Å². The monoisotopic (exact) mass is 107 g/mol. The van der Waals surface area contributed by atoms with Crippen molar-refractivity contribution in [2.75, 3.05) is 12.3 Å². The van der Waals surface area contributed by atoms with Gasteiger partial charge in [-0.05, 0) is 0 Å². The molecule has 2 nitrogen and oxygen atoms in total. The van der Waals surface area contributed by atoms with Crippen LogP contribution in [0.3, 0.4) is 0 Å². The number of hydrogen-bond donors (Lipinski definition) is 2. The zero-order valence-corrected chi connectivity index (χ0v) is 4.36. The van der Waals surface area contributed by atoms with Crippen molar-refractivity contribution < 1.29 is 9.79 Å². The van der Waals surface area contributed by atoms with Gasteiger partial charge < -0.3 is 0 Å². The summed E-state index contributed by atoms with van der Waals surface area (Å²) in [5.74, 6) is 0. The Labute approximate surface area is 37.3 Å². The first kappa shape index (κ1) is 4.51. The van der Waals surface area contributed by atoms with E-state index in [0.717, 1.165) is 6.42 Å². The van der Waals surface area contributed by atoms with Gasteiger partial charge in [0.2, 0.25) is 0 Å². The van der Waals surface area contributed by atoms with Gasteiger partial charge in [0.25, 0.3) is 7.72 Å². The SMILES string of the molecule is O[P+]1(O)CCC1. The molecule has 1 heterocycles. The van der Waals surface area contributed by atoms with Crippen molar-refractivity contribution >= 4 is 7.72 Å². The zero-order valence-electron chi connectivity index (χ0n) is 3.46. The van der Waals surface area contributed by atoms with Gasteiger partial charge in [-0.1, -0.05) is 0 Å². The van der Waals surface area contributed by atoms with E-state index in [-0.39, 0.29) is 0 Å². The van der Waals surface area contributed by atoms with Crippen molar-refractivity contribution in [1.82, 2.24) is 0 Å². The minimum atomic E-state index is -2.22. The second kappa shape index (κ2) is 1.16. The smallest absolute Gasteiger partial charge is 0.220 e. The maximum absolute atomic E-state index is 8.58. The molecule has 2 N–H and O–H groups in total. The molecule has 0 aromatic rings. The van der Waals surface area contributed by atoms with E-state index in [2.05, 4.69) is 0 Å². The fourth-order valence-electron chi connectivity index (χ4n) is 0.441. The minimum absolute atomic E-state index is 0.674. The molecule has 0 aliphatic carbocycles. The highest BCUT2D eigenvalue weighted by atomic mass is 31.2. The Kier molecular flexibility index (Phi) is 0.870. The van der Waals surface area contributed by atoms with Crippen LogP contribution in [0.5, 0.6) is 0 Å². The molecule has 0 saturated carbocycles. The van der Waals surface area contributed by atoms with Crippen molar-refractivity contribution in [3.05, 3.63) is 0 Å². The second-order valence-electron chi connectivity index (χ2n) is 1.68. The lowest BCUT2D eigenvalue weighted by atomic mass is 10.5. The average Bonchev–Trinajstić information content (AvgIpc) is 1.32. The summed E-state index contributed by atoms with van der Waals surface area (Å²) in [5.41, 5.74) is 0. The quantitative estimate of drug-likeness (QED) is 0.435. The van der Waals surface area contributed by atoms with E-state index >= 15 is 0 Å². The first-order valence-corrected chi connectivity index (χ1v) is 4.10. The summed E-state index contributed by atoms with van der Waals surface area (Å²) in [6.45, 7) is 0. The van der Waals surface area contributed by atoms with Gasteiger partial charge in [0, 0.05) is 6.42 Å². The van der Waals surface area contributed by atoms with Crippen molar-refractivity contribution in [2.45, 2.75) is 6.42 Å². The predicted molar refractivity (Wildman–Crippen MR) is 25.7 cm³/mol. The lowest BCUT2D eigenvalue weighted by Gasteiger charge is -2.18. The second-order valence-corrected chi connectivity index (χ2v) is 4.33. The van der Waals surface area contributed by atoms with E-state index in [4.69, 9.17) is 9.79 Å². The van der Waals surface area contributed by atoms with Crippen LogP contribution in [0, 0.1) is 0 Å². The van der Waals surface area contributed by atoms with Crippen molar-refractivity contribution in [1.29, 1.82) is 0 Å². The molecule has 36 valence electrons. The highest BCUT2D eigenvalue weighted by Gasteiger charge is 2.41. The normalized spacial score (nSPS) is 29.0. The summed E-state index contributed by atoms with van der Waals surface area (Å²) in [6.07, 6.45) is 2.36. The molecule has 3 heteroatoms. The Morgan fingerprint density at radius 2 is 1.50 bits per heavy atom. The van der Waals surface area contributed by atoms with E-state index in [1.54, 1.807) is 0 Å². The van der Waals surface area contributed by atoms with Crippen molar-refractivity contribution in [3.8, 4) is 0 Å². The van der Waals surface area contributed by atoms with Gasteiger partial charge in [-0.25, -0.2) is 9.79 Å². The van der Waals surface area contributed by atoms with Gasteiger partial charge in [-0.3, -0.25) is 0 Å². The summed E-state index contributed by atoms with van der Waals surface area (Å²) in [6, 6.07) is 0. The molecular formula is C3H8O2P+. The van der Waals surface area contributed by atoms with Crippen LogP contribution in [-0.4, -0.2) is 22.1 Å². The third-order valence-electron chi connectivity index (χ3n) is 1.03. The molecule has 0 atom stereocenters. The maximum Gasteiger partial charge on any atom is 0.268 e. The van der Waals surface area contributed by atoms with E-state index in [0.29, 0.717) is 12.3 Å². The molecule has 1 saturated heterocycles. The molecule has 0 aromatic carbocycles. The van der Waals surface area contributed by atoms with Gasteiger partial charge in [-0.2, -0.15) is 0 Å². The van der Waals surface area contributed by atoms with Crippen LogP contribution in [0.2, 0.25) is 0 Å². The molecule has 0 bridgehead atoms. The summed E-state index contributed by atoms with van der Waals surface area (Å²) in [4.78, 5) is 17.2. The van der Waals surface area contributed by atoms with E-state index in [1.165, 1.54) is 0 Å². The lowest BCUT2D eigenvalue weighted by Crippen LogP contribution is -2.13. The lowest BCUT2D eigenvalue weighted by molar-refractivity contribution is 0.428. The Morgan fingerprint density at radius 1 is 1.17 bits per heavy atom. The number of hydrogen-bond acceptors (Lipinski definition) is 2. The summed E-state index contributed by atoms with van der Waals surface area (Å²) >= 11 is 0. The molecule has 0 amide bonds. The topological polar surface area (TPSA) is 40.5 Å². The van der Waals surface area contributed by atoms with Gasteiger partial charge in [0.15, 0.2) is 0 Å². The molecule has 1 aliphatic rings. The fraction of sp³-hybridized carbons (Fsp3) is 1.00. The third-order valence-corrected chi connectivity index (χ3v) is 3.10. The van der Waals surface area contributed by atoms with Crippen LogP contribution in [0.4, 0.5) is 0 Å². The van der Waals surface area contributed by atoms with E-state index in [9.17, 15) is 0 Å². The molecule has 1 aliphatic heterocycles. The van der Waals surface area contributed by atoms with E-state index < -0.39 is 7.72 Å². The molecule has 6 heavy (non-hydrogen) atoms. The molecule has 0 aromatic heterocycles. The van der Waals surface area contributed by atoms with Gasteiger partial charge >= 0.3 is 0 Å². The van der Waals surface area contributed by atoms with Crippen LogP contribution >= 0.6 is 7.72 Å². The predicted octanol–water partition coefficient (Wildman–Crippen LogP) is 0.222.